The van der Waals surface area contributed by atoms with Crippen LogP contribution in [0.15, 0.2) is 36.7 Å². The fourth-order valence-electron chi connectivity index (χ4n) is 3.05. The number of benzene rings is 1. The molecule has 0 spiro atoms. The number of para-hydroxylation sites is 1. The Morgan fingerprint density at radius 3 is 2.78 bits per heavy atom. The van der Waals surface area contributed by atoms with Gasteiger partial charge in [0.25, 0.3) is 0 Å². The summed E-state index contributed by atoms with van der Waals surface area (Å²) in [5.41, 5.74) is 2.62. The number of hydrogen-bond acceptors (Lipinski definition) is 3. The van der Waals surface area contributed by atoms with Crippen molar-refractivity contribution in [3.05, 3.63) is 48.2 Å². The van der Waals surface area contributed by atoms with Crippen molar-refractivity contribution >= 4 is 10.9 Å². The van der Waals surface area contributed by atoms with Crippen LogP contribution in [0.5, 0.6) is 0 Å². The first-order chi connectivity index (χ1) is 11.1. The van der Waals surface area contributed by atoms with Gasteiger partial charge < -0.3 is 9.13 Å². The summed E-state index contributed by atoms with van der Waals surface area (Å²) in [6.07, 6.45) is 1.82. The molecule has 2 aromatic heterocycles. The Hall–Kier alpha value is -2.14. The summed E-state index contributed by atoms with van der Waals surface area (Å²) >= 11 is 0. The maximum absolute atomic E-state index is 4.25. The van der Waals surface area contributed by atoms with Crippen LogP contribution >= 0.6 is 0 Å². The highest BCUT2D eigenvalue weighted by Crippen LogP contribution is 2.19. The first kappa shape index (κ1) is 15.7. The van der Waals surface area contributed by atoms with Crippen LogP contribution < -0.4 is 0 Å². The van der Waals surface area contributed by atoms with Gasteiger partial charge in [-0.2, -0.15) is 0 Å². The van der Waals surface area contributed by atoms with Crippen LogP contribution in [0.2, 0.25) is 0 Å². The van der Waals surface area contributed by atoms with Gasteiger partial charge in [0.1, 0.15) is 12.2 Å². The lowest BCUT2D eigenvalue weighted by Crippen LogP contribution is -2.25. The van der Waals surface area contributed by atoms with Crippen molar-refractivity contribution in [3.63, 3.8) is 0 Å². The number of rotatable bonds is 6. The number of hydrogen-bond donors (Lipinski definition) is 0. The lowest BCUT2D eigenvalue weighted by molar-refractivity contribution is 0.297. The van der Waals surface area contributed by atoms with Crippen molar-refractivity contribution < 1.29 is 0 Å². The zero-order valence-corrected chi connectivity index (χ0v) is 14.4. The van der Waals surface area contributed by atoms with Crippen LogP contribution in [0, 0.1) is 6.92 Å². The molecule has 0 saturated carbocycles. The summed E-state index contributed by atoms with van der Waals surface area (Å²) in [6, 6.07) is 11.2. The zero-order valence-electron chi connectivity index (χ0n) is 14.4. The molecule has 5 heteroatoms. The van der Waals surface area contributed by atoms with Crippen LogP contribution in [0.3, 0.4) is 0 Å². The van der Waals surface area contributed by atoms with E-state index in [2.05, 4.69) is 82.4 Å². The first-order valence-electron chi connectivity index (χ1n) is 8.18. The molecule has 3 aromatic rings. The third-order valence-corrected chi connectivity index (χ3v) is 4.34. The summed E-state index contributed by atoms with van der Waals surface area (Å²) in [5, 5.41) is 9.61. The number of aromatic nitrogens is 4. The zero-order chi connectivity index (χ0) is 16.4. The fraction of sp³-hybridized carbons (Fsp3) is 0.444. The maximum atomic E-state index is 4.25. The maximum Gasteiger partial charge on any atom is 0.147 e. The second kappa shape index (κ2) is 6.54. The van der Waals surface area contributed by atoms with Gasteiger partial charge in [-0.3, -0.25) is 4.90 Å². The third kappa shape index (κ3) is 3.29. The molecule has 0 bridgehead atoms. The van der Waals surface area contributed by atoms with E-state index in [9.17, 15) is 0 Å². The van der Waals surface area contributed by atoms with Gasteiger partial charge in [-0.1, -0.05) is 18.2 Å². The van der Waals surface area contributed by atoms with E-state index in [4.69, 9.17) is 0 Å². The van der Waals surface area contributed by atoms with Gasteiger partial charge in [-0.15, -0.1) is 10.2 Å². The van der Waals surface area contributed by atoms with E-state index >= 15 is 0 Å². The van der Waals surface area contributed by atoms with E-state index < -0.39 is 0 Å². The summed E-state index contributed by atoms with van der Waals surface area (Å²) in [5.74, 6) is 1.02. The molecule has 23 heavy (non-hydrogen) atoms. The van der Waals surface area contributed by atoms with E-state index in [-0.39, 0.29) is 0 Å². The highest BCUT2D eigenvalue weighted by Gasteiger charge is 2.11. The van der Waals surface area contributed by atoms with Gasteiger partial charge in [0.2, 0.25) is 0 Å². The largest absolute Gasteiger partial charge is 0.344 e. The van der Waals surface area contributed by atoms with E-state index in [0.717, 1.165) is 25.5 Å². The van der Waals surface area contributed by atoms with Crippen molar-refractivity contribution in [3.8, 4) is 0 Å². The van der Waals surface area contributed by atoms with E-state index in [1.54, 1.807) is 0 Å². The average Bonchev–Trinajstić information content (AvgIpc) is 3.09. The first-order valence-corrected chi connectivity index (χ1v) is 8.18. The van der Waals surface area contributed by atoms with Crippen molar-refractivity contribution in [1.29, 1.82) is 0 Å². The van der Waals surface area contributed by atoms with Crippen LogP contribution in [-0.2, 0) is 13.1 Å². The normalized spacial score (nSPS) is 11.9. The van der Waals surface area contributed by atoms with Gasteiger partial charge >= 0.3 is 0 Å². The Kier molecular flexibility index (Phi) is 4.48. The molecule has 0 fully saturated rings. The second-order valence-electron chi connectivity index (χ2n) is 6.48. The SMILES string of the molecule is Cc1cc2ccccc2n1CCN(C)Cc1nncn1C(C)C. The Morgan fingerprint density at radius 2 is 2.00 bits per heavy atom. The topological polar surface area (TPSA) is 38.9 Å². The molecule has 0 aliphatic rings. The van der Waals surface area contributed by atoms with Gasteiger partial charge in [0.05, 0.1) is 6.54 Å². The molecule has 0 aliphatic heterocycles. The molecule has 2 heterocycles. The van der Waals surface area contributed by atoms with Crippen LogP contribution in [0.4, 0.5) is 0 Å². The molecule has 122 valence electrons. The predicted molar refractivity (Wildman–Crippen MR) is 93.4 cm³/mol. The number of likely N-dealkylation sites (N-methyl/N-ethyl adjacent to an activating group) is 1. The molecule has 3 rings (SSSR count). The van der Waals surface area contributed by atoms with E-state index in [1.165, 1.54) is 16.6 Å². The molecule has 0 atom stereocenters. The Labute approximate surface area is 137 Å². The molecule has 0 aliphatic carbocycles. The van der Waals surface area contributed by atoms with Crippen molar-refractivity contribution in [1.82, 2.24) is 24.2 Å². The highest BCUT2D eigenvalue weighted by molar-refractivity contribution is 5.81. The Bertz CT molecular complexity index is 784. The molecule has 0 saturated heterocycles. The standard InChI is InChI=1S/C18H25N5/c1-14(2)23-13-19-20-18(23)12-21(4)9-10-22-15(3)11-16-7-5-6-8-17(16)22/h5-8,11,13-14H,9-10,12H2,1-4H3. The van der Waals surface area contributed by atoms with E-state index in [0.29, 0.717) is 6.04 Å². The van der Waals surface area contributed by atoms with Crippen LogP contribution in [-0.4, -0.2) is 37.8 Å². The molecule has 0 radical (unpaired) electrons. The van der Waals surface area contributed by atoms with Crippen molar-refractivity contribution in [2.75, 3.05) is 13.6 Å². The number of aryl methyl sites for hydroxylation is 1. The van der Waals surface area contributed by atoms with E-state index in [1.807, 2.05) is 6.33 Å². The number of nitrogens with zero attached hydrogens (tertiary/aromatic N) is 5. The van der Waals surface area contributed by atoms with Gasteiger partial charge in [-0.25, -0.2) is 0 Å². The molecule has 1 aromatic carbocycles. The summed E-state index contributed by atoms with van der Waals surface area (Å²) in [4.78, 5) is 2.30. The number of fused-ring (bicyclic) bond motifs is 1. The van der Waals surface area contributed by atoms with Gasteiger partial charge in [0.15, 0.2) is 0 Å². The predicted octanol–water partition coefficient (Wildman–Crippen LogP) is 3.25. The lowest BCUT2D eigenvalue weighted by atomic mass is 10.2. The molecule has 5 nitrogen and oxygen atoms in total. The molecule has 0 unspecified atom stereocenters. The summed E-state index contributed by atoms with van der Waals surface area (Å²) in [6.45, 7) is 9.26. The van der Waals surface area contributed by atoms with Crippen LogP contribution in [0.25, 0.3) is 10.9 Å². The fourth-order valence-corrected chi connectivity index (χ4v) is 3.05. The average molecular weight is 311 g/mol. The molecular weight excluding hydrogens is 286 g/mol. The second-order valence-corrected chi connectivity index (χ2v) is 6.48. The highest BCUT2D eigenvalue weighted by atomic mass is 15.3. The monoisotopic (exact) mass is 311 g/mol. The minimum atomic E-state index is 0.393. The summed E-state index contributed by atoms with van der Waals surface area (Å²) in [7, 11) is 2.14. The summed E-state index contributed by atoms with van der Waals surface area (Å²) < 4.78 is 4.52. The minimum Gasteiger partial charge on any atom is -0.344 e. The van der Waals surface area contributed by atoms with Gasteiger partial charge in [-0.05, 0) is 45.3 Å². The van der Waals surface area contributed by atoms with Crippen molar-refractivity contribution in [2.24, 2.45) is 0 Å². The lowest BCUT2D eigenvalue weighted by Gasteiger charge is -2.19. The van der Waals surface area contributed by atoms with Crippen molar-refractivity contribution in [2.45, 2.75) is 39.9 Å². The molecule has 0 amide bonds. The molecular formula is C18H25N5. The van der Waals surface area contributed by atoms with Gasteiger partial charge in [0, 0.05) is 30.3 Å². The third-order valence-electron chi connectivity index (χ3n) is 4.34. The quantitative estimate of drug-likeness (QED) is 0.701. The smallest absolute Gasteiger partial charge is 0.147 e. The Morgan fingerprint density at radius 1 is 1.22 bits per heavy atom. The van der Waals surface area contributed by atoms with Crippen LogP contribution in [0.1, 0.15) is 31.4 Å². The minimum absolute atomic E-state index is 0.393. The Balaban J connectivity index is 1.67. The molecule has 0 N–H and O–H groups in total.